The summed E-state index contributed by atoms with van der Waals surface area (Å²) in [4.78, 5) is 11.6. The summed E-state index contributed by atoms with van der Waals surface area (Å²) in [5, 5.41) is 3.95. The molecule has 3 rings (SSSR count). The van der Waals surface area contributed by atoms with E-state index in [1.807, 2.05) is 12.3 Å². The van der Waals surface area contributed by atoms with Gasteiger partial charge in [0.2, 0.25) is 0 Å². The van der Waals surface area contributed by atoms with Crippen LogP contribution in [-0.2, 0) is 19.3 Å². The van der Waals surface area contributed by atoms with Crippen molar-refractivity contribution in [2.45, 2.75) is 32.1 Å². The Morgan fingerprint density at radius 3 is 2.76 bits per heavy atom. The fourth-order valence-corrected chi connectivity index (χ4v) is 2.26. The fraction of sp³-hybridized carbons (Fsp3) is 0.333. The van der Waals surface area contributed by atoms with Gasteiger partial charge in [0.1, 0.15) is 18.4 Å². The number of nitrogens with one attached hydrogen (secondary N) is 1. The molecule has 3 heterocycles. The first kappa shape index (κ1) is 13.6. The van der Waals surface area contributed by atoms with E-state index in [9.17, 15) is 0 Å². The summed E-state index contributed by atoms with van der Waals surface area (Å²) >= 11 is 0. The predicted molar refractivity (Wildman–Crippen MR) is 75.2 cm³/mol. The van der Waals surface area contributed by atoms with Gasteiger partial charge in [-0.25, -0.2) is 9.97 Å². The molecule has 1 radical (unpaired) electrons. The number of aromatic amines is 1. The van der Waals surface area contributed by atoms with Gasteiger partial charge in [0.15, 0.2) is 5.89 Å². The monoisotopic (exact) mass is 285 g/mol. The lowest BCUT2D eigenvalue weighted by Crippen LogP contribution is -2.07. The van der Waals surface area contributed by atoms with Crippen LogP contribution in [0.25, 0.3) is 0 Å². The van der Waals surface area contributed by atoms with Crippen molar-refractivity contribution in [2.24, 2.45) is 0 Å². The van der Waals surface area contributed by atoms with E-state index in [0.717, 1.165) is 49.5 Å². The Balaban J connectivity index is 1.56. The van der Waals surface area contributed by atoms with Crippen molar-refractivity contribution in [3.63, 3.8) is 0 Å². The van der Waals surface area contributed by atoms with E-state index >= 15 is 0 Å². The Kier molecular flexibility index (Phi) is 4.45. The van der Waals surface area contributed by atoms with Crippen LogP contribution in [0.5, 0.6) is 0 Å². The van der Waals surface area contributed by atoms with Crippen molar-refractivity contribution in [1.29, 1.82) is 0 Å². The maximum absolute atomic E-state index is 5.29. The maximum atomic E-state index is 5.29. The van der Waals surface area contributed by atoms with Crippen molar-refractivity contribution in [2.75, 3.05) is 0 Å². The molecule has 6 nitrogen and oxygen atoms in total. The van der Waals surface area contributed by atoms with Crippen molar-refractivity contribution >= 4 is 0 Å². The van der Waals surface area contributed by atoms with Crippen LogP contribution in [0, 0.1) is 5.92 Å². The average molecular weight is 285 g/mol. The van der Waals surface area contributed by atoms with E-state index in [0.29, 0.717) is 0 Å². The van der Waals surface area contributed by atoms with Crippen LogP contribution in [0.1, 0.15) is 30.3 Å². The molecule has 0 aliphatic carbocycles. The number of aromatic nitrogens is 4. The lowest BCUT2D eigenvalue weighted by molar-refractivity contribution is 0.410. The Labute approximate surface area is 122 Å². The van der Waals surface area contributed by atoms with E-state index < -0.39 is 0 Å². The predicted octanol–water partition coefficient (Wildman–Crippen LogP) is 2.77. The molecule has 0 aliphatic rings. The van der Waals surface area contributed by atoms with Gasteiger partial charge in [-0.2, -0.15) is 0 Å². The van der Waals surface area contributed by atoms with Gasteiger partial charge in [0.25, 0.3) is 0 Å². The molecule has 0 atom stereocenters. The van der Waals surface area contributed by atoms with Gasteiger partial charge in [-0.15, -0.1) is 0 Å². The molecular formula is C15H17N4O2. The van der Waals surface area contributed by atoms with Crippen LogP contribution in [0.15, 0.2) is 46.1 Å². The molecule has 0 bridgehead atoms. The molecule has 0 fully saturated rings. The number of nitrogens with zero attached hydrogens (tertiary/aromatic N) is 3. The highest BCUT2D eigenvalue weighted by molar-refractivity contribution is 5.06. The first-order valence-corrected chi connectivity index (χ1v) is 6.99. The standard InChI is InChI=1S/C15H17N4O2/c1(3-13-5-9-21-19-13)12(11-14-16-6-7-17-14)2-4-15-18-8-10-20-15/h5-10H,1-4,11H2,(H,16,17). The minimum atomic E-state index is 0.772. The fourth-order valence-electron chi connectivity index (χ4n) is 2.26. The molecule has 21 heavy (non-hydrogen) atoms. The highest BCUT2D eigenvalue weighted by Crippen LogP contribution is 2.21. The summed E-state index contributed by atoms with van der Waals surface area (Å²) in [7, 11) is 0. The zero-order valence-corrected chi connectivity index (χ0v) is 11.7. The molecule has 0 amide bonds. The lowest BCUT2D eigenvalue weighted by Gasteiger charge is -2.13. The van der Waals surface area contributed by atoms with Crippen LogP contribution in [-0.4, -0.2) is 20.1 Å². The highest BCUT2D eigenvalue weighted by atomic mass is 16.5. The third-order valence-electron chi connectivity index (χ3n) is 3.37. The van der Waals surface area contributed by atoms with Crippen molar-refractivity contribution in [3.05, 3.63) is 60.5 Å². The zero-order chi connectivity index (χ0) is 14.3. The number of aryl methyl sites for hydroxylation is 2. The van der Waals surface area contributed by atoms with E-state index in [1.54, 1.807) is 24.9 Å². The van der Waals surface area contributed by atoms with Crippen LogP contribution in [0.2, 0.25) is 0 Å². The first-order chi connectivity index (χ1) is 10.4. The molecule has 0 spiro atoms. The second kappa shape index (κ2) is 6.88. The molecule has 0 aliphatic heterocycles. The van der Waals surface area contributed by atoms with Gasteiger partial charge < -0.3 is 13.9 Å². The number of H-pyrrole nitrogens is 1. The van der Waals surface area contributed by atoms with E-state index in [2.05, 4.69) is 20.1 Å². The number of oxazole rings is 1. The molecule has 3 aromatic rings. The normalized spacial score (nSPS) is 11.3. The van der Waals surface area contributed by atoms with Gasteiger partial charge in [-0.05, 0) is 25.2 Å². The van der Waals surface area contributed by atoms with Gasteiger partial charge in [-0.1, -0.05) is 5.16 Å². The van der Waals surface area contributed by atoms with Gasteiger partial charge in [0, 0.05) is 31.3 Å². The van der Waals surface area contributed by atoms with Crippen LogP contribution in [0.4, 0.5) is 0 Å². The number of hydrogen-bond acceptors (Lipinski definition) is 5. The highest BCUT2D eigenvalue weighted by Gasteiger charge is 2.14. The molecule has 0 unspecified atom stereocenters. The molecule has 1 N–H and O–H groups in total. The minimum absolute atomic E-state index is 0.772. The maximum Gasteiger partial charge on any atom is 0.193 e. The summed E-state index contributed by atoms with van der Waals surface area (Å²) in [6, 6.07) is 1.90. The zero-order valence-electron chi connectivity index (χ0n) is 11.7. The van der Waals surface area contributed by atoms with Crippen LogP contribution >= 0.6 is 0 Å². The number of hydrogen-bond donors (Lipinski definition) is 1. The Bertz CT molecular complexity index is 564. The Morgan fingerprint density at radius 2 is 2.05 bits per heavy atom. The summed E-state index contributed by atoms with van der Waals surface area (Å²) in [5.74, 6) is 3.15. The summed E-state index contributed by atoms with van der Waals surface area (Å²) in [5.41, 5.74) is 0.975. The summed E-state index contributed by atoms with van der Waals surface area (Å²) in [6.07, 6.45) is 12.9. The summed E-state index contributed by atoms with van der Waals surface area (Å²) < 4.78 is 10.2. The molecule has 0 aromatic carbocycles. The van der Waals surface area contributed by atoms with Crippen LogP contribution < -0.4 is 0 Å². The first-order valence-electron chi connectivity index (χ1n) is 6.99. The van der Waals surface area contributed by atoms with Crippen molar-refractivity contribution in [3.8, 4) is 0 Å². The number of rotatable bonds is 8. The largest absolute Gasteiger partial charge is 0.449 e. The molecule has 0 saturated heterocycles. The average Bonchev–Trinajstić information content (AvgIpc) is 3.24. The van der Waals surface area contributed by atoms with Crippen molar-refractivity contribution < 1.29 is 8.94 Å². The van der Waals surface area contributed by atoms with Crippen LogP contribution in [0.3, 0.4) is 0 Å². The molecule has 6 heteroatoms. The topological polar surface area (TPSA) is 80.7 Å². The van der Waals surface area contributed by atoms with E-state index in [1.165, 1.54) is 5.92 Å². The molecule has 3 aromatic heterocycles. The van der Waals surface area contributed by atoms with Crippen molar-refractivity contribution in [1.82, 2.24) is 20.1 Å². The quantitative estimate of drug-likeness (QED) is 0.688. The molecule has 0 saturated carbocycles. The van der Waals surface area contributed by atoms with Gasteiger partial charge >= 0.3 is 0 Å². The van der Waals surface area contributed by atoms with E-state index in [4.69, 9.17) is 8.94 Å². The summed E-state index contributed by atoms with van der Waals surface area (Å²) in [6.45, 7) is 0. The third kappa shape index (κ3) is 4.05. The Hall–Kier alpha value is -2.37. The molecular weight excluding hydrogens is 268 g/mol. The van der Waals surface area contributed by atoms with E-state index in [-0.39, 0.29) is 0 Å². The smallest absolute Gasteiger partial charge is 0.193 e. The Morgan fingerprint density at radius 1 is 1.10 bits per heavy atom. The number of imidazole rings is 1. The second-order valence-corrected chi connectivity index (χ2v) is 4.88. The SMILES string of the molecule is c1c[nH]c(C[C](CCc2ccon2)CCc2ncco2)n1. The third-order valence-corrected chi connectivity index (χ3v) is 3.37. The van der Waals surface area contributed by atoms with Gasteiger partial charge in [0.05, 0.1) is 11.9 Å². The second-order valence-electron chi connectivity index (χ2n) is 4.88. The minimum Gasteiger partial charge on any atom is -0.449 e. The lowest BCUT2D eigenvalue weighted by atomic mass is 9.93. The van der Waals surface area contributed by atoms with Gasteiger partial charge in [-0.3, -0.25) is 0 Å². The molecule has 109 valence electrons.